The number of aliphatic carboxylic acids is 1. The van der Waals surface area contributed by atoms with Crippen LogP contribution in [-0.4, -0.2) is 69.9 Å². The van der Waals surface area contributed by atoms with E-state index in [9.17, 15) is 33.9 Å². The Morgan fingerprint density at radius 3 is 2.25 bits per heavy atom. The van der Waals surface area contributed by atoms with Gasteiger partial charge in [0.15, 0.2) is 0 Å². The molecule has 0 spiro atoms. The third-order valence-electron chi connectivity index (χ3n) is 4.50. The summed E-state index contributed by atoms with van der Waals surface area (Å²) >= 11 is 0. The van der Waals surface area contributed by atoms with Crippen molar-refractivity contribution >= 4 is 35.6 Å². The quantitative estimate of drug-likeness (QED) is 0.420. The van der Waals surface area contributed by atoms with Crippen LogP contribution in [0.4, 0.5) is 0 Å². The molecule has 3 amide bonds. The first kappa shape index (κ1) is 19.5. The van der Waals surface area contributed by atoms with Gasteiger partial charge in [0, 0.05) is 19.8 Å². The Hall–Kier alpha value is -3.22. The van der Waals surface area contributed by atoms with Crippen LogP contribution in [0.1, 0.15) is 32.6 Å². The summed E-state index contributed by atoms with van der Waals surface area (Å²) in [6.07, 6.45) is -0.800. The molecule has 3 fully saturated rings. The van der Waals surface area contributed by atoms with Crippen molar-refractivity contribution in [3.05, 3.63) is 0 Å². The van der Waals surface area contributed by atoms with Crippen LogP contribution in [0.3, 0.4) is 0 Å². The Bertz CT molecular complexity index is 782. The number of hydrogen-bond acceptors (Lipinski definition) is 9. The van der Waals surface area contributed by atoms with Crippen molar-refractivity contribution < 1.29 is 48.2 Å². The number of rotatable bonds is 5. The van der Waals surface area contributed by atoms with Crippen LogP contribution < -0.4 is 10.6 Å². The van der Waals surface area contributed by atoms with E-state index in [1.165, 1.54) is 0 Å². The number of cyclic esters (lactones) is 2. The van der Waals surface area contributed by atoms with Gasteiger partial charge >= 0.3 is 23.6 Å². The van der Waals surface area contributed by atoms with Gasteiger partial charge in [0.05, 0.1) is 12.8 Å². The fourth-order valence-electron chi connectivity index (χ4n) is 3.19. The number of carboxylic acids is 1. The topological polar surface area (TPSA) is 178 Å². The molecule has 3 aliphatic heterocycles. The summed E-state index contributed by atoms with van der Waals surface area (Å²) in [5.41, 5.74) is -4.29. The van der Waals surface area contributed by atoms with Gasteiger partial charge in [-0.2, -0.15) is 5.06 Å². The average molecular weight is 399 g/mol. The molecule has 152 valence electrons. The Kier molecular flexibility index (Phi) is 4.71. The van der Waals surface area contributed by atoms with Crippen LogP contribution in [0.25, 0.3) is 0 Å². The highest BCUT2D eigenvalue weighted by atomic mass is 16.7. The van der Waals surface area contributed by atoms with Gasteiger partial charge in [-0.05, 0) is 0 Å². The van der Waals surface area contributed by atoms with Crippen LogP contribution in [0.5, 0.6) is 0 Å². The lowest BCUT2D eigenvalue weighted by Crippen LogP contribution is -2.62. The molecule has 0 radical (unpaired) electrons. The van der Waals surface area contributed by atoms with E-state index in [0.717, 1.165) is 6.92 Å². The fraction of sp³-hybridized carbons (Fsp3) is 0.600. The predicted octanol–water partition coefficient (Wildman–Crippen LogP) is -2.47. The second-order valence-electron chi connectivity index (χ2n) is 6.50. The van der Waals surface area contributed by atoms with Gasteiger partial charge < -0.3 is 25.2 Å². The summed E-state index contributed by atoms with van der Waals surface area (Å²) in [5, 5.41) is 14.4. The Labute approximate surface area is 157 Å². The van der Waals surface area contributed by atoms with E-state index in [-0.39, 0.29) is 25.7 Å². The van der Waals surface area contributed by atoms with E-state index in [1.54, 1.807) is 0 Å². The zero-order chi connectivity index (χ0) is 20.7. The second-order valence-corrected chi connectivity index (χ2v) is 6.50. The number of carbonyl (C=O) groups excluding carboxylic acids is 5. The molecule has 13 nitrogen and oxygen atoms in total. The molecule has 3 saturated heterocycles. The van der Waals surface area contributed by atoms with E-state index in [0.29, 0.717) is 5.06 Å². The second kappa shape index (κ2) is 6.74. The van der Waals surface area contributed by atoms with Crippen LogP contribution >= 0.6 is 0 Å². The van der Waals surface area contributed by atoms with Gasteiger partial charge in [0.2, 0.25) is 5.91 Å². The smallest absolute Gasteiger partial charge is 0.372 e. The summed E-state index contributed by atoms with van der Waals surface area (Å²) in [7, 11) is 0. The number of hydroxylamine groups is 2. The summed E-state index contributed by atoms with van der Waals surface area (Å²) in [4.78, 5) is 76.1. The molecule has 0 saturated carbocycles. The first-order valence-corrected chi connectivity index (χ1v) is 8.33. The lowest BCUT2D eigenvalue weighted by atomic mass is 10.1. The van der Waals surface area contributed by atoms with Crippen LogP contribution in [0.2, 0.25) is 0 Å². The van der Waals surface area contributed by atoms with Crippen molar-refractivity contribution in [2.24, 2.45) is 0 Å². The SMILES string of the molecule is CC(=O)NC1(C(=O)N[C@H]2CON(C3(C(=O)O)CCC(=O)O3)C2=O)CCC(=O)O1. The molecule has 28 heavy (non-hydrogen) atoms. The number of nitrogens with zero attached hydrogens (tertiary/aromatic N) is 1. The van der Waals surface area contributed by atoms with Gasteiger partial charge in [0.25, 0.3) is 17.5 Å². The maximum Gasteiger partial charge on any atom is 0.372 e. The van der Waals surface area contributed by atoms with Crippen LogP contribution in [0, 0.1) is 0 Å². The molecule has 0 aliphatic carbocycles. The lowest BCUT2D eigenvalue weighted by Gasteiger charge is -2.31. The molecule has 3 N–H and O–H groups in total. The average Bonchev–Trinajstić information content (AvgIpc) is 3.27. The third kappa shape index (κ3) is 3.13. The van der Waals surface area contributed by atoms with Gasteiger partial charge in [-0.1, -0.05) is 0 Å². The predicted molar refractivity (Wildman–Crippen MR) is 82.3 cm³/mol. The van der Waals surface area contributed by atoms with E-state index < -0.39 is 59.7 Å². The fourth-order valence-corrected chi connectivity index (χ4v) is 3.19. The monoisotopic (exact) mass is 399 g/mol. The molecule has 3 heterocycles. The molecular formula is C15H17N3O10. The molecule has 3 aliphatic rings. The number of esters is 2. The minimum atomic E-state index is -2.32. The number of nitrogens with one attached hydrogen (secondary N) is 2. The maximum absolute atomic E-state index is 12.6. The highest BCUT2D eigenvalue weighted by molar-refractivity contribution is 5.98. The van der Waals surface area contributed by atoms with Gasteiger partial charge in [-0.15, -0.1) is 0 Å². The first-order chi connectivity index (χ1) is 13.1. The van der Waals surface area contributed by atoms with Crippen molar-refractivity contribution in [3.8, 4) is 0 Å². The normalized spacial score (nSPS) is 32.1. The molecular weight excluding hydrogens is 382 g/mol. The summed E-state index contributed by atoms with van der Waals surface area (Å²) in [6, 6.07) is -1.34. The first-order valence-electron chi connectivity index (χ1n) is 8.33. The van der Waals surface area contributed by atoms with E-state index in [1.807, 2.05) is 0 Å². The molecule has 3 atom stereocenters. The standard InChI is InChI=1S/C15H17N3O10/c1-7(19)17-14(4-2-9(20)27-14)12(23)16-8-6-26-18(11(8)22)15(13(24)25)5-3-10(21)28-15/h8H,2-6H2,1H3,(H,16,23)(H,17,19)(H,24,25)/t8-,14?,15?/m0/s1. The number of ether oxygens (including phenoxy) is 2. The highest BCUT2D eigenvalue weighted by Gasteiger charge is 2.60. The Balaban J connectivity index is 1.75. The van der Waals surface area contributed by atoms with Crippen LogP contribution in [0.15, 0.2) is 0 Å². The van der Waals surface area contributed by atoms with Crippen molar-refractivity contribution in [2.75, 3.05) is 6.61 Å². The molecule has 2 unspecified atom stereocenters. The zero-order valence-electron chi connectivity index (χ0n) is 14.7. The van der Waals surface area contributed by atoms with Crippen molar-refractivity contribution in [2.45, 2.75) is 50.1 Å². The number of carbonyl (C=O) groups is 6. The van der Waals surface area contributed by atoms with Gasteiger partial charge in [-0.25, -0.2) is 4.79 Å². The van der Waals surface area contributed by atoms with Crippen molar-refractivity contribution in [1.82, 2.24) is 15.7 Å². The summed E-state index contributed by atoms with van der Waals surface area (Å²) in [5.74, 6) is -5.69. The molecule has 13 heteroatoms. The highest BCUT2D eigenvalue weighted by Crippen LogP contribution is 2.34. The minimum Gasteiger partial charge on any atom is -0.477 e. The minimum absolute atomic E-state index is 0.118. The van der Waals surface area contributed by atoms with E-state index >= 15 is 0 Å². The summed E-state index contributed by atoms with van der Waals surface area (Å²) in [6.45, 7) is 0.680. The lowest BCUT2D eigenvalue weighted by molar-refractivity contribution is -0.256. The molecule has 3 rings (SSSR count). The molecule has 0 aromatic heterocycles. The van der Waals surface area contributed by atoms with Crippen molar-refractivity contribution in [3.63, 3.8) is 0 Å². The van der Waals surface area contributed by atoms with Gasteiger partial charge in [0.1, 0.15) is 12.6 Å². The van der Waals surface area contributed by atoms with Crippen LogP contribution in [-0.2, 0) is 43.1 Å². The van der Waals surface area contributed by atoms with E-state index in [4.69, 9.17) is 14.3 Å². The Morgan fingerprint density at radius 2 is 1.75 bits per heavy atom. The van der Waals surface area contributed by atoms with Crippen molar-refractivity contribution in [1.29, 1.82) is 0 Å². The molecule has 0 bridgehead atoms. The van der Waals surface area contributed by atoms with Gasteiger partial charge in [-0.3, -0.25) is 28.8 Å². The number of carboxylic acid groups (broad SMARTS) is 1. The number of amides is 3. The molecule has 0 aromatic carbocycles. The number of hydrogen-bond donors (Lipinski definition) is 3. The zero-order valence-corrected chi connectivity index (χ0v) is 14.7. The third-order valence-corrected chi connectivity index (χ3v) is 4.50. The maximum atomic E-state index is 12.6. The largest absolute Gasteiger partial charge is 0.477 e. The van der Waals surface area contributed by atoms with E-state index in [2.05, 4.69) is 10.6 Å². The molecule has 0 aromatic rings. The Morgan fingerprint density at radius 1 is 1.11 bits per heavy atom. The summed E-state index contributed by atoms with van der Waals surface area (Å²) < 4.78 is 9.76.